The average Bonchev–Trinajstić information content (AvgIpc) is 2.25. The van der Waals surface area contributed by atoms with Crippen LogP contribution in [0.3, 0.4) is 0 Å². The number of ether oxygens (including phenoxy) is 1. The van der Waals surface area contributed by atoms with E-state index in [0.717, 1.165) is 12.2 Å². The Labute approximate surface area is 89.6 Å². The van der Waals surface area contributed by atoms with Gasteiger partial charge in [0.25, 0.3) is 0 Å². The van der Waals surface area contributed by atoms with E-state index in [9.17, 15) is 4.39 Å². The zero-order chi connectivity index (χ0) is 11.3. The van der Waals surface area contributed by atoms with Gasteiger partial charge in [-0.3, -0.25) is 0 Å². The lowest BCUT2D eigenvalue weighted by atomic mass is 10.2. The van der Waals surface area contributed by atoms with Gasteiger partial charge in [-0.1, -0.05) is 6.07 Å². The molecule has 0 amide bonds. The van der Waals surface area contributed by atoms with E-state index >= 15 is 0 Å². The zero-order valence-electron chi connectivity index (χ0n) is 9.16. The third-order valence-corrected chi connectivity index (χ3v) is 2.33. The van der Waals surface area contributed by atoms with Gasteiger partial charge in [-0.25, -0.2) is 4.39 Å². The molecule has 84 valence electrons. The first-order valence-corrected chi connectivity index (χ1v) is 4.87. The van der Waals surface area contributed by atoms with Crippen molar-refractivity contribution in [3.8, 4) is 0 Å². The van der Waals surface area contributed by atoms with Crippen LogP contribution >= 0.6 is 0 Å². The molecule has 0 heterocycles. The number of hydrogen-bond donors (Lipinski definition) is 1. The van der Waals surface area contributed by atoms with E-state index in [4.69, 9.17) is 10.5 Å². The minimum Gasteiger partial charge on any atom is -0.383 e. The molecule has 4 heteroatoms. The topological polar surface area (TPSA) is 38.5 Å². The summed E-state index contributed by atoms with van der Waals surface area (Å²) in [5.41, 5.74) is 6.76. The molecule has 1 rings (SSSR count). The monoisotopic (exact) mass is 212 g/mol. The van der Waals surface area contributed by atoms with Crippen LogP contribution in [0.1, 0.15) is 5.56 Å². The Kier molecular flexibility index (Phi) is 4.52. The predicted octanol–water partition coefficient (Wildman–Crippen LogP) is 1.37. The van der Waals surface area contributed by atoms with Crippen LogP contribution in [0.2, 0.25) is 0 Å². The quantitative estimate of drug-likeness (QED) is 0.801. The maximum Gasteiger partial charge on any atom is 0.129 e. The van der Waals surface area contributed by atoms with E-state index in [1.54, 1.807) is 13.2 Å². The lowest BCUT2D eigenvalue weighted by molar-refractivity contribution is 0.206. The Morgan fingerprint density at radius 1 is 1.47 bits per heavy atom. The van der Waals surface area contributed by atoms with Crippen LogP contribution < -0.4 is 10.6 Å². The van der Waals surface area contributed by atoms with Crippen LogP contribution in [0.5, 0.6) is 0 Å². The molecule has 0 unspecified atom stereocenters. The van der Waals surface area contributed by atoms with Gasteiger partial charge in [0.15, 0.2) is 0 Å². The number of nitrogens with zero attached hydrogens (tertiary/aromatic N) is 1. The Bertz CT molecular complexity index is 317. The standard InChI is InChI=1S/C11H17FN2O/c1-14(5-6-15-2)10-4-3-9(8-13)11(12)7-10/h3-4,7H,5-6,8,13H2,1-2H3. The number of benzene rings is 1. The summed E-state index contributed by atoms with van der Waals surface area (Å²) < 4.78 is 18.3. The molecule has 0 spiro atoms. The van der Waals surface area contributed by atoms with Gasteiger partial charge >= 0.3 is 0 Å². The summed E-state index contributed by atoms with van der Waals surface area (Å²) in [6.45, 7) is 1.59. The highest BCUT2D eigenvalue weighted by Gasteiger charge is 2.05. The molecule has 2 N–H and O–H groups in total. The second-order valence-corrected chi connectivity index (χ2v) is 3.39. The molecule has 0 saturated heterocycles. The van der Waals surface area contributed by atoms with Gasteiger partial charge in [0, 0.05) is 38.5 Å². The third kappa shape index (κ3) is 3.18. The molecular formula is C11H17FN2O. The van der Waals surface area contributed by atoms with Gasteiger partial charge in [-0.2, -0.15) is 0 Å². The highest BCUT2D eigenvalue weighted by atomic mass is 19.1. The SMILES string of the molecule is COCCN(C)c1ccc(CN)c(F)c1. The van der Waals surface area contributed by atoms with Crippen molar-refractivity contribution in [1.29, 1.82) is 0 Å². The second kappa shape index (κ2) is 5.68. The molecule has 1 aromatic rings. The fourth-order valence-corrected chi connectivity index (χ4v) is 1.30. The molecule has 0 aliphatic carbocycles. The molecule has 1 aromatic carbocycles. The number of likely N-dealkylation sites (N-methyl/N-ethyl adjacent to an activating group) is 1. The fraction of sp³-hybridized carbons (Fsp3) is 0.455. The van der Waals surface area contributed by atoms with Gasteiger partial charge in [0.1, 0.15) is 5.82 Å². The summed E-state index contributed by atoms with van der Waals surface area (Å²) >= 11 is 0. The van der Waals surface area contributed by atoms with Crippen molar-refractivity contribution in [2.24, 2.45) is 5.73 Å². The highest BCUT2D eigenvalue weighted by Crippen LogP contribution is 2.17. The zero-order valence-corrected chi connectivity index (χ0v) is 9.16. The first kappa shape index (κ1) is 11.9. The first-order valence-electron chi connectivity index (χ1n) is 4.87. The van der Waals surface area contributed by atoms with Crippen molar-refractivity contribution in [3.05, 3.63) is 29.6 Å². The van der Waals surface area contributed by atoms with Crippen molar-refractivity contribution >= 4 is 5.69 Å². The van der Waals surface area contributed by atoms with Crippen LogP contribution in [-0.2, 0) is 11.3 Å². The summed E-state index contributed by atoms with van der Waals surface area (Å²) in [7, 11) is 3.54. The number of rotatable bonds is 5. The van der Waals surface area contributed by atoms with Crippen LogP contribution in [0.15, 0.2) is 18.2 Å². The van der Waals surface area contributed by atoms with Crippen LogP contribution in [0.25, 0.3) is 0 Å². The van der Waals surface area contributed by atoms with E-state index in [1.165, 1.54) is 6.07 Å². The minimum atomic E-state index is -0.251. The van der Waals surface area contributed by atoms with Crippen molar-refractivity contribution in [3.63, 3.8) is 0 Å². The number of hydrogen-bond acceptors (Lipinski definition) is 3. The van der Waals surface area contributed by atoms with Crippen molar-refractivity contribution in [2.75, 3.05) is 32.2 Å². The Morgan fingerprint density at radius 3 is 2.73 bits per heavy atom. The lowest BCUT2D eigenvalue weighted by Gasteiger charge is -2.19. The third-order valence-electron chi connectivity index (χ3n) is 2.33. The fourth-order valence-electron chi connectivity index (χ4n) is 1.30. The molecule has 0 radical (unpaired) electrons. The molecule has 0 saturated carbocycles. The molecular weight excluding hydrogens is 195 g/mol. The molecule has 0 bridgehead atoms. The largest absolute Gasteiger partial charge is 0.383 e. The molecule has 0 aliphatic rings. The summed E-state index contributed by atoms with van der Waals surface area (Å²) in [5.74, 6) is -0.251. The summed E-state index contributed by atoms with van der Waals surface area (Å²) in [6, 6.07) is 5.08. The number of halogens is 1. The van der Waals surface area contributed by atoms with Crippen molar-refractivity contribution < 1.29 is 9.13 Å². The number of anilines is 1. The Morgan fingerprint density at radius 2 is 2.20 bits per heavy atom. The minimum absolute atomic E-state index is 0.230. The maximum atomic E-state index is 13.4. The van der Waals surface area contributed by atoms with Gasteiger partial charge in [-0.15, -0.1) is 0 Å². The average molecular weight is 212 g/mol. The Balaban J connectivity index is 2.73. The van der Waals surface area contributed by atoms with Gasteiger partial charge in [0.05, 0.1) is 6.61 Å². The van der Waals surface area contributed by atoms with E-state index in [-0.39, 0.29) is 12.4 Å². The summed E-state index contributed by atoms with van der Waals surface area (Å²) in [6.07, 6.45) is 0. The smallest absolute Gasteiger partial charge is 0.129 e. The number of methoxy groups -OCH3 is 1. The molecule has 15 heavy (non-hydrogen) atoms. The lowest BCUT2D eigenvalue weighted by Crippen LogP contribution is -2.22. The van der Waals surface area contributed by atoms with E-state index < -0.39 is 0 Å². The highest BCUT2D eigenvalue weighted by molar-refractivity contribution is 5.47. The Hall–Kier alpha value is -1.13. The van der Waals surface area contributed by atoms with E-state index in [1.807, 2.05) is 18.0 Å². The molecule has 0 aromatic heterocycles. The van der Waals surface area contributed by atoms with Gasteiger partial charge in [0.2, 0.25) is 0 Å². The molecule has 3 nitrogen and oxygen atoms in total. The summed E-state index contributed by atoms with van der Waals surface area (Å²) in [4.78, 5) is 1.94. The molecule has 0 fully saturated rings. The second-order valence-electron chi connectivity index (χ2n) is 3.39. The molecule has 0 atom stereocenters. The van der Waals surface area contributed by atoms with E-state index in [0.29, 0.717) is 12.2 Å². The van der Waals surface area contributed by atoms with Gasteiger partial charge < -0.3 is 15.4 Å². The molecule has 0 aliphatic heterocycles. The summed E-state index contributed by atoms with van der Waals surface area (Å²) in [5, 5.41) is 0. The van der Waals surface area contributed by atoms with Gasteiger partial charge in [-0.05, 0) is 12.1 Å². The first-order chi connectivity index (χ1) is 7.19. The maximum absolute atomic E-state index is 13.4. The normalized spacial score (nSPS) is 10.4. The van der Waals surface area contributed by atoms with Crippen LogP contribution in [-0.4, -0.2) is 27.3 Å². The van der Waals surface area contributed by atoms with Crippen LogP contribution in [0.4, 0.5) is 10.1 Å². The van der Waals surface area contributed by atoms with Crippen LogP contribution in [0, 0.1) is 5.82 Å². The number of nitrogens with two attached hydrogens (primary N) is 1. The predicted molar refractivity (Wildman–Crippen MR) is 59.4 cm³/mol. The van der Waals surface area contributed by atoms with Crippen molar-refractivity contribution in [2.45, 2.75) is 6.54 Å². The van der Waals surface area contributed by atoms with Crippen molar-refractivity contribution in [1.82, 2.24) is 0 Å². The van der Waals surface area contributed by atoms with E-state index in [2.05, 4.69) is 0 Å².